The van der Waals surface area contributed by atoms with Gasteiger partial charge in [0.1, 0.15) is 22.9 Å². The summed E-state index contributed by atoms with van der Waals surface area (Å²) < 4.78 is 119. The average Bonchev–Trinajstić information content (AvgIpc) is 3.60. The molecule has 2 aromatic heterocycles. The molecule has 1 atom stereocenters. The van der Waals surface area contributed by atoms with E-state index in [9.17, 15) is 44.7 Å². The van der Waals surface area contributed by atoms with E-state index in [0.29, 0.717) is 12.4 Å². The lowest BCUT2D eigenvalue weighted by Gasteiger charge is -2.28. The molecule has 0 fully saturated rings. The largest absolute Gasteiger partial charge is 0.457 e. The van der Waals surface area contributed by atoms with Gasteiger partial charge in [-0.25, -0.2) is 13.6 Å². The van der Waals surface area contributed by atoms with E-state index >= 15 is 0 Å². The molecule has 2 N–H and O–H groups in total. The number of nitrogens with one attached hydrogen (secondary N) is 2. The summed E-state index contributed by atoms with van der Waals surface area (Å²) in [4.78, 5) is 28.6. The first-order valence-electron chi connectivity index (χ1n) is 13.0. The van der Waals surface area contributed by atoms with E-state index in [1.165, 1.54) is 24.3 Å². The van der Waals surface area contributed by atoms with Crippen LogP contribution >= 0.6 is 0 Å². The fourth-order valence-corrected chi connectivity index (χ4v) is 5.29. The van der Waals surface area contributed by atoms with Crippen LogP contribution in [0.4, 0.5) is 35.1 Å². The molecule has 1 amide bonds. The van der Waals surface area contributed by atoms with Crippen molar-refractivity contribution in [3.63, 3.8) is 0 Å². The number of nitrogens with zero attached hydrogens (tertiary/aromatic N) is 2. The second-order valence-corrected chi connectivity index (χ2v) is 10.3. The van der Waals surface area contributed by atoms with Gasteiger partial charge in [-0.05, 0) is 48.0 Å². The number of carbonyl (C=O) groups is 1. The van der Waals surface area contributed by atoms with Crippen molar-refractivity contribution < 1.29 is 49.1 Å². The molecule has 3 heterocycles. The summed E-state index contributed by atoms with van der Waals surface area (Å²) in [7, 11) is 0. The number of carbonyl (C=O) groups excluding carboxylic acids is 1. The number of rotatable bonds is 6. The number of fused-ring (bicyclic) bond motifs is 2. The Morgan fingerprint density at radius 3 is 2.20 bits per heavy atom. The third-order valence-electron chi connectivity index (χ3n) is 7.05. The van der Waals surface area contributed by atoms with Crippen LogP contribution in [-0.2, 0) is 12.4 Å². The zero-order valence-electron chi connectivity index (χ0n) is 22.6. The number of aromatic nitrogens is 3. The lowest BCUT2D eigenvalue weighted by molar-refractivity contribution is -0.162. The summed E-state index contributed by atoms with van der Waals surface area (Å²) in [5.41, 5.74) is -2.56. The monoisotopic (exact) mass is 638 g/mol. The molecule has 1 aliphatic heterocycles. The number of halogens is 8. The zero-order valence-corrected chi connectivity index (χ0v) is 22.6. The maximum Gasteiger partial charge on any atom is 0.417 e. The molecule has 1 unspecified atom stereocenters. The molecule has 1 aliphatic rings. The molecule has 16 heteroatoms. The van der Waals surface area contributed by atoms with Gasteiger partial charge in [0.25, 0.3) is 11.8 Å². The van der Waals surface area contributed by atoms with Gasteiger partial charge in [0.15, 0.2) is 5.58 Å². The molecule has 234 valence electrons. The Hall–Kier alpha value is -5.15. The van der Waals surface area contributed by atoms with Crippen molar-refractivity contribution in [3.8, 4) is 22.8 Å². The minimum atomic E-state index is -5.32. The highest BCUT2D eigenvalue weighted by molar-refractivity contribution is 6.02. The fraction of sp³-hybridized carbons (Fsp3) is 0.207. The molecule has 45 heavy (non-hydrogen) atoms. The lowest BCUT2D eigenvalue weighted by Crippen LogP contribution is -2.38. The summed E-state index contributed by atoms with van der Waals surface area (Å²) in [5.74, 6) is -5.49. The van der Waals surface area contributed by atoms with E-state index < -0.39 is 59.4 Å². The number of oxazole rings is 1. The molecule has 0 radical (unpaired) electrons. The third-order valence-corrected chi connectivity index (χ3v) is 7.05. The van der Waals surface area contributed by atoms with E-state index in [4.69, 9.17) is 9.15 Å². The Kier molecular flexibility index (Phi) is 6.78. The van der Waals surface area contributed by atoms with Crippen molar-refractivity contribution in [1.82, 2.24) is 20.1 Å². The number of para-hydroxylation sites is 1. The first kappa shape index (κ1) is 29.9. The molecule has 8 nitrogen and oxygen atoms in total. The maximum atomic E-state index is 14.3. The zero-order chi connectivity index (χ0) is 32.5. The first-order chi connectivity index (χ1) is 21.0. The summed E-state index contributed by atoms with van der Waals surface area (Å²) in [6.45, 7) is -0.361. The van der Waals surface area contributed by atoms with Crippen molar-refractivity contribution in [2.75, 3.05) is 6.54 Å². The van der Waals surface area contributed by atoms with Crippen LogP contribution < -0.4 is 10.5 Å². The molecule has 5 aromatic rings. The van der Waals surface area contributed by atoms with Crippen molar-refractivity contribution in [1.29, 1.82) is 0 Å². The molecular formula is C29H18F8N4O4. The Morgan fingerprint density at radius 2 is 1.56 bits per heavy atom. The van der Waals surface area contributed by atoms with Crippen LogP contribution in [0.3, 0.4) is 0 Å². The van der Waals surface area contributed by atoms with Crippen molar-refractivity contribution in [3.05, 3.63) is 99.2 Å². The molecule has 6 rings (SSSR count). The number of alkyl halides is 8. The molecule has 0 bridgehead atoms. The van der Waals surface area contributed by atoms with Gasteiger partial charge >= 0.3 is 18.1 Å². The second kappa shape index (κ2) is 10.2. The number of benzene rings is 3. The van der Waals surface area contributed by atoms with Gasteiger partial charge in [0, 0.05) is 18.1 Å². The smallest absolute Gasteiger partial charge is 0.417 e. The number of amides is 1. The van der Waals surface area contributed by atoms with Crippen molar-refractivity contribution >= 4 is 17.0 Å². The lowest BCUT2D eigenvalue weighted by atomic mass is 9.95. The van der Waals surface area contributed by atoms with E-state index in [-0.39, 0.29) is 51.5 Å². The van der Waals surface area contributed by atoms with Crippen molar-refractivity contribution in [2.45, 2.75) is 31.2 Å². The normalized spacial score (nSPS) is 15.6. The molecular weight excluding hydrogens is 620 g/mol. The summed E-state index contributed by atoms with van der Waals surface area (Å²) in [6.07, 6.45) is -10.6. The topological polar surface area (TPSA) is 104 Å². The fourth-order valence-electron chi connectivity index (χ4n) is 5.29. The number of hydrogen-bond acceptors (Lipinski definition) is 5. The SMILES string of the molecule is CC(F)(F)CN1C(=O)c2[nH]nc(-c3cccc4[nH]c(=O)oc34)c2C1c1ccc(Oc2ccc(C(F)(F)F)c(C(F)(F)F)c2)cc1. The Balaban J connectivity index is 1.39. The number of aromatic amines is 2. The van der Waals surface area contributed by atoms with Crippen LogP contribution in [0, 0.1) is 0 Å². The van der Waals surface area contributed by atoms with Gasteiger partial charge in [0.2, 0.25) is 0 Å². The van der Waals surface area contributed by atoms with Crippen LogP contribution in [0.5, 0.6) is 11.5 Å². The van der Waals surface area contributed by atoms with Crippen LogP contribution in [0.1, 0.15) is 45.7 Å². The Bertz CT molecular complexity index is 1990. The highest BCUT2D eigenvalue weighted by Crippen LogP contribution is 2.46. The summed E-state index contributed by atoms with van der Waals surface area (Å²) >= 11 is 0. The van der Waals surface area contributed by atoms with Crippen LogP contribution in [0.25, 0.3) is 22.4 Å². The van der Waals surface area contributed by atoms with E-state index in [1.807, 2.05) is 0 Å². The van der Waals surface area contributed by atoms with Crippen molar-refractivity contribution in [2.24, 2.45) is 0 Å². The average molecular weight is 638 g/mol. The van der Waals surface area contributed by atoms with E-state index in [0.717, 1.165) is 11.0 Å². The molecule has 0 aliphatic carbocycles. The van der Waals surface area contributed by atoms with Crippen LogP contribution in [0.15, 0.2) is 69.9 Å². The van der Waals surface area contributed by atoms with Crippen LogP contribution in [-0.4, -0.2) is 38.5 Å². The molecule has 0 saturated heterocycles. The van der Waals surface area contributed by atoms with E-state index in [2.05, 4.69) is 15.2 Å². The number of ether oxygens (including phenoxy) is 1. The van der Waals surface area contributed by atoms with Gasteiger partial charge in [-0.15, -0.1) is 0 Å². The van der Waals surface area contributed by atoms with Gasteiger partial charge in [0.05, 0.1) is 29.2 Å². The number of hydrogen-bond donors (Lipinski definition) is 2. The maximum absolute atomic E-state index is 14.3. The minimum Gasteiger partial charge on any atom is -0.457 e. The second-order valence-electron chi connectivity index (χ2n) is 10.3. The number of H-pyrrole nitrogens is 2. The predicted molar refractivity (Wildman–Crippen MR) is 141 cm³/mol. The third kappa shape index (κ3) is 5.51. The van der Waals surface area contributed by atoms with Gasteiger partial charge in [-0.2, -0.15) is 31.4 Å². The highest BCUT2D eigenvalue weighted by Gasteiger charge is 2.46. The predicted octanol–water partition coefficient (Wildman–Crippen LogP) is 7.54. The summed E-state index contributed by atoms with van der Waals surface area (Å²) in [6, 6.07) is 10.0. The quantitative estimate of drug-likeness (QED) is 0.187. The van der Waals surface area contributed by atoms with Gasteiger partial charge in [-0.3, -0.25) is 14.9 Å². The molecule has 0 saturated carbocycles. The standard InChI is InChI=1S/C29H18F8N4O4/c1-27(30,31)12-41-23(20-21(39-40-22(20)25(41)42)16-3-2-4-19-24(16)45-26(43)38-19)13-5-7-14(8-6-13)44-15-9-10-17(28(32,33)34)18(11-15)29(35,36)37/h2-11,23H,12H2,1H3,(H,38,43)(H,39,40). The van der Waals surface area contributed by atoms with Crippen LogP contribution in [0.2, 0.25) is 0 Å². The first-order valence-corrected chi connectivity index (χ1v) is 13.0. The minimum absolute atomic E-state index is 0.0844. The highest BCUT2D eigenvalue weighted by atomic mass is 19.4. The molecule has 0 spiro atoms. The van der Waals surface area contributed by atoms with Gasteiger partial charge in [-0.1, -0.05) is 18.2 Å². The van der Waals surface area contributed by atoms with E-state index in [1.54, 1.807) is 18.2 Å². The van der Waals surface area contributed by atoms with Gasteiger partial charge < -0.3 is 14.1 Å². The summed E-state index contributed by atoms with van der Waals surface area (Å²) in [5, 5.41) is 6.80. The Morgan fingerprint density at radius 1 is 0.889 bits per heavy atom. The molecule has 3 aromatic carbocycles. The Labute approximate surface area is 246 Å².